The van der Waals surface area contributed by atoms with Crippen molar-refractivity contribution in [3.8, 4) is 11.5 Å². The number of benzene rings is 1. The standard InChI is InChI=1S/C14H16BFN2O3/c1-13(2)14(3,4)21-15(20-13)10-7-5-6-9(11(10)16)12-18-17-8-19-12/h5-8H,1-4H3. The fraction of sp³-hybridized carbons (Fsp3) is 0.429. The van der Waals surface area contributed by atoms with Gasteiger partial charge in [0.1, 0.15) is 5.82 Å². The van der Waals surface area contributed by atoms with E-state index in [-0.39, 0.29) is 11.5 Å². The van der Waals surface area contributed by atoms with Gasteiger partial charge in [-0.05, 0) is 33.8 Å². The van der Waals surface area contributed by atoms with E-state index in [9.17, 15) is 4.39 Å². The van der Waals surface area contributed by atoms with Crippen LogP contribution in [0.15, 0.2) is 29.0 Å². The molecule has 110 valence electrons. The summed E-state index contributed by atoms with van der Waals surface area (Å²) in [7, 11) is -0.766. The largest absolute Gasteiger partial charge is 0.497 e. The van der Waals surface area contributed by atoms with Crippen molar-refractivity contribution in [1.29, 1.82) is 0 Å². The average Bonchev–Trinajstić information content (AvgIpc) is 2.97. The van der Waals surface area contributed by atoms with E-state index in [4.69, 9.17) is 13.7 Å². The lowest BCUT2D eigenvalue weighted by atomic mass is 9.78. The Morgan fingerprint density at radius 2 is 1.76 bits per heavy atom. The van der Waals surface area contributed by atoms with Crippen LogP contribution >= 0.6 is 0 Å². The van der Waals surface area contributed by atoms with Crippen molar-refractivity contribution in [1.82, 2.24) is 10.2 Å². The maximum atomic E-state index is 14.7. The van der Waals surface area contributed by atoms with Gasteiger partial charge < -0.3 is 13.7 Å². The summed E-state index contributed by atoms with van der Waals surface area (Å²) in [6.07, 6.45) is 1.16. The van der Waals surface area contributed by atoms with Gasteiger partial charge in [-0.15, -0.1) is 10.2 Å². The SMILES string of the molecule is CC1(C)OB(c2cccc(-c3nnco3)c2F)OC1(C)C. The topological polar surface area (TPSA) is 57.4 Å². The summed E-state index contributed by atoms with van der Waals surface area (Å²) in [5.74, 6) is -0.342. The van der Waals surface area contributed by atoms with Crippen LogP contribution in [-0.2, 0) is 9.31 Å². The van der Waals surface area contributed by atoms with Crippen LogP contribution in [0.4, 0.5) is 4.39 Å². The zero-order valence-corrected chi connectivity index (χ0v) is 12.4. The molecule has 0 bridgehead atoms. The maximum absolute atomic E-state index is 14.7. The summed E-state index contributed by atoms with van der Waals surface area (Å²) in [6.45, 7) is 7.69. The molecule has 0 N–H and O–H groups in total. The molecular weight excluding hydrogens is 274 g/mol. The highest BCUT2D eigenvalue weighted by Crippen LogP contribution is 2.37. The lowest BCUT2D eigenvalue weighted by molar-refractivity contribution is 0.00578. The maximum Gasteiger partial charge on any atom is 0.497 e. The lowest BCUT2D eigenvalue weighted by Gasteiger charge is -2.32. The van der Waals surface area contributed by atoms with E-state index in [0.717, 1.165) is 6.39 Å². The Balaban J connectivity index is 2.00. The van der Waals surface area contributed by atoms with Crippen LogP contribution in [0.25, 0.3) is 11.5 Å². The molecule has 0 aliphatic carbocycles. The molecule has 0 spiro atoms. The predicted octanol–water partition coefficient (Wildman–Crippen LogP) is 2.17. The summed E-state index contributed by atoms with van der Waals surface area (Å²) in [5, 5.41) is 7.30. The highest BCUT2D eigenvalue weighted by atomic mass is 19.1. The predicted molar refractivity (Wildman–Crippen MR) is 75.4 cm³/mol. The van der Waals surface area contributed by atoms with Gasteiger partial charge >= 0.3 is 7.12 Å². The Morgan fingerprint density at radius 3 is 2.33 bits per heavy atom. The second-order valence-electron chi connectivity index (χ2n) is 6.04. The summed E-state index contributed by atoms with van der Waals surface area (Å²) in [6, 6.07) is 4.93. The summed E-state index contributed by atoms with van der Waals surface area (Å²) in [5.41, 5.74) is -0.487. The van der Waals surface area contributed by atoms with E-state index in [1.54, 1.807) is 18.2 Å². The molecule has 3 rings (SSSR count). The molecule has 1 saturated heterocycles. The summed E-state index contributed by atoms with van der Waals surface area (Å²) < 4.78 is 31.5. The number of hydrogen-bond acceptors (Lipinski definition) is 5. The van der Waals surface area contributed by atoms with Gasteiger partial charge in [-0.25, -0.2) is 4.39 Å². The lowest BCUT2D eigenvalue weighted by Crippen LogP contribution is -2.41. The number of rotatable bonds is 2. The van der Waals surface area contributed by atoms with Crippen molar-refractivity contribution in [3.63, 3.8) is 0 Å². The quantitative estimate of drug-likeness (QED) is 0.793. The highest BCUT2D eigenvalue weighted by Gasteiger charge is 2.52. The molecule has 1 aliphatic rings. The summed E-state index contributed by atoms with van der Waals surface area (Å²) >= 11 is 0. The monoisotopic (exact) mass is 290 g/mol. The minimum absolute atomic E-state index is 0.130. The van der Waals surface area contributed by atoms with Crippen LogP contribution in [0.5, 0.6) is 0 Å². The molecule has 7 heteroatoms. The number of hydrogen-bond donors (Lipinski definition) is 0. The van der Waals surface area contributed by atoms with Crippen LogP contribution in [0.2, 0.25) is 0 Å². The third kappa shape index (κ3) is 2.26. The van der Waals surface area contributed by atoms with Crippen LogP contribution < -0.4 is 5.46 Å². The van der Waals surface area contributed by atoms with Gasteiger partial charge in [-0.1, -0.05) is 12.1 Å². The van der Waals surface area contributed by atoms with E-state index >= 15 is 0 Å². The van der Waals surface area contributed by atoms with E-state index in [0.29, 0.717) is 5.46 Å². The van der Waals surface area contributed by atoms with Crippen molar-refractivity contribution >= 4 is 12.6 Å². The second kappa shape index (κ2) is 4.64. The van der Waals surface area contributed by atoms with Crippen LogP contribution in [0, 0.1) is 5.82 Å². The van der Waals surface area contributed by atoms with E-state index < -0.39 is 24.1 Å². The average molecular weight is 290 g/mol. The normalized spacial score (nSPS) is 20.0. The second-order valence-corrected chi connectivity index (χ2v) is 6.04. The van der Waals surface area contributed by atoms with Crippen LogP contribution in [0.3, 0.4) is 0 Å². The molecular formula is C14H16BFN2O3. The third-order valence-electron chi connectivity index (χ3n) is 4.13. The third-order valence-corrected chi connectivity index (χ3v) is 4.13. The van der Waals surface area contributed by atoms with Crippen molar-refractivity contribution < 1.29 is 18.1 Å². The Bertz CT molecular complexity index is 642. The molecule has 0 amide bonds. The molecule has 2 heterocycles. The molecule has 0 atom stereocenters. The van der Waals surface area contributed by atoms with Crippen molar-refractivity contribution in [2.24, 2.45) is 0 Å². The molecule has 2 aromatic rings. The highest BCUT2D eigenvalue weighted by molar-refractivity contribution is 6.62. The molecule has 1 aromatic carbocycles. The van der Waals surface area contributed by atoms with Gasteiger partial charge in [-0.2, -0.15) is 0 Å². The van der Waals surface area contributed by atoms with Crippen molar-refractivity contribution in [3.05, 3.63) is 30.4 Å². The van der Waals surface area contributed by atoms with Gasteiger partial charge in [0.25, 0.3) is 0 Å². The van der Waals surface area contributed by atoms with Crippen LogP contribution in [0.1, 0.15) is 27.7 Å². The number of halogens is 1. The first-order valence-electron chi connectivity index (χ1n) is 6.72. The molecule has 1 fully saturated rings. The van der Waals surface area contributed by atoms with Gasteiger partial charge in [0.15, 0.2) is 0 Å². The molecule has 1 aliphatic heterocycles. The van der Waals surface area contributed by atoms with Gasteiger partial charge in [0.2, 0.25) is 12.3 Å². The Kier molecular flexibility index (Phi) is 3.14. The van der Waals surface area contributed by atoms with E-state index in [2.05, 4.69) is 10.2 Å². The molecule has 0 saturated carbocycles. The first kappa shape index (κ1) is 14.2. The zero-order chi connectivity index (χ0) is 15.3. The van der Waals surface area contributed by atoms with E-state index in [1.807, 2.05) is 27.7 Å². The summed E-state index contributed by atoms with van der Waals surface area (Å²) in [4.78, 5) is 0. The fourth-order valence-corrected chi connectivity index (χ4v) is 2.16. The Labute approximate surface area is 122 Å². The fourth-order valence-electron chi connectivity index (χ4n) is 2.16. The van der Waals surface area contributed by atoms with Gasteiger partial charge in [0, 0.05) is 5.46 Å². The molecule has 0 unspecified atom stereocenters. The van der Waals surface area contributed by atoms with Crippen molar-refractivity contribution in [2.45, 2.75) is 38.9 Å². The number of aromatic nitrogens is 2. The molecule has 0 radical (unpaired) electrons. The van der Waals surface area contributed by atoms with Crippen LogP contribution in [-0.4, -0.2) is 28.5 Å². The van der Waals surface area contributed by atoms with Gasteiger partial charge in [0.05, 0.1) is 16.8 Å². The van der Waals surface area contributed by atoms with E-state index in [1.165, 1.54) is 0 Å². The molecule has 5 nitrogen and oxygen atoms in total. The minimum Gasteiger partial charge on any atom is -0.423 e. The number of nitrogens with zero attached hydrogens (tertiary/aromatic N) is 2. The smallest absolute Gasteiger partial charge is 0.423 e. The minimum atomic E-state index is -0.766. The zero-order valence-electron chi connectivity index (χ0n) is 12.4. The molecule has 21 heavy (non-hydrogen) atoms. The van der Waals surface area contributed by atoms with Gasteiger partial charge in [-0.3, -0.25) is 0 Å². The molecule has 1 aromatic heterocycles. The Hall–Kier alpha value is -1.73. The first-order valence-corrected chi connectivity index (χ1v) is 6.72. The Morgan fingerprint density at radius 1 is 1.10 bits per heavy atom. The van der Waals surface area contributed by atoms with Crippen molar-refractivity contribution in [2.75, 3.05) is 0 Å². The first-order chi connectivity index (χ1) is 9.82.